The molecule has 0 unspecified atom stereocenters. The summed E-state index contributed by atoms with van der Waals surface area (Å²) < 4.78 is 5.55. The zero-order valence-corrected chi connectivity index (χ0v) is 13.4. The molecule has 6 heteroatoms. The molecule has 0 aromatic heterocycles. The Balaban J connectivity index is 1.79. The van der Waals surface area contributed by atoms with Crippen molar-refractivity contribution in [2.45, 2.75) is 6.92 Å². The van der Waals surface area contributed by atoms with Gasteiger partial charge in [0.1, 0.15) is 12.4 Å². The molecule has 120 valence electrons. The van der Waals surface area contributed by atoms with Crippen LogP contribution in [0.25, 0.3) is 0 Å². The molecule has 2 aromatic carbocycles. The number of hydrogen-bond acceptors (Lipinski definition) is 3. The lowest BCUT2D eigenvalue weighted by molar-refractivity contribution is -0.114. The van der Waals surface area contributed by atoms with Crippen molar-refractivity contribution < 1.29 is 14.3 Å². The lowest BCUT2D eigenvalue weighted by atomic mass is 10.2. The maximum absolute atomic E-state index is 11.9. The van der Waals surface area contributed by atoms with E-state index in [4.69, 9.17) is 16.3 Å². The third-order valence-corrected chi connectivity index (χ3v) is 3.13. The number of nitrogens with one attached hydrogen (secondary N) is 2. The maximum Gasteiger partial charge on any atom is 0.251 e. The van der Waals surface area contributed by atoms with Gasteiger partial charge in [0.15, 0.2) is 0 Å². The van der Waals surface area contributed by atoms with Crippen molar-refractivity contribution in [3.63, 3.8) is 0 Å². The third kappa shape index (κ3) is 5.64. The van der Waals surface area contributed by atoms with E-state index in [1.165, 1.54) is 6.92 Å². The summed E-state index contributed by atoms with van der Waals surface area (Å²) in [6.45, 7) is 2.12. The Morgan fingerprint density at radius 2 is 1.91 bits per heavy atom. The van der Waals surface area contributed by atoms with Gasteiger partial charge in [-0.1, -0.05) is 23.7 Å². The second kappa shape index (κ2) is 8.19. The largest absolute Gasteiger partial charge is 0.492 e. The molecule has 2 amide bonds. The first-order valence-electron chi connectivity index (χ1n) is 7.09. The molecule has 23 heavy (non-hydrogen) atoms. The second-order valence-electron chi connectivity index (χ2n) is 4.82. The predicted octanol–water partition coefficient (Wildman–Crippen LogP) is 3.11. The molecule has 0 fully saturated rings. The number of anilines is 1. The molecule has 0 aliphatic carbocycles. The Labute approximate surface area is 139 Å². The minimum absolute atomic E-state index is 0.143. The molecule has 2 N–H and O–H groups in total. The van der Waals surface area contributed by atoms with Gasteiger partial charge in [-0.3, -0.25) is 9.59 Å². The van der Waals surface area contributed by atoms with Crippen LogP contribution in [-0.4, -0.2) is 25.0 Å². The highest BCUT2D eigenvalue weighted by Crippen LogP contribution is 2.17. The summed E-state index contributed by atoms with van der Waals surface area (Å²) in [6.07, 6.45) is 0. The van der Waals surface area contributed by atoms with Crippen molar-refractivity contribution in [2.24, 2.45) is 0 Å². The molecule has 0 spiro atoms. The van der Waals surface area contributed by atoms with Crippen molar-refractivity contribution in [3.8, 4) is 5.75 Å². The molecule has 0 heterocycles. The van der Waals surface area contributed by atoms with Crippen LogP contribution in [0.4, 0.5) is 5.69 Å². The van der Waals surface area contributed by atoms with Crippen LogP contribution in [-0.2, 0) is 4.79 Å². The van der Waals surface area contributed by atoms with E-state index in [2.05, 4.69) is 10.6 Å². The van der Waals surface area contributed by atoms with Crippen molar-refractivity contribution in [1.29, 1.82) is 0 Å². The molecule has 0 bridgehead atoms. The van der Waals surface area contributed by atoms with Crippen LogP contribution in [0.5, 0.6) is 5.75 Å². The van der Waals surface area contributed by atoms with E-state index in [0.717, 1.165) is 0 Å². The van der Waals surface area contributed by atoms with Gasteiger partial charge < -0.3 is 15.4 Å². The van der Waals surface area contributed by atoms with Crippen LogP contribution in [0.15, 0.2) is 48.5 Å². The van der Waals surface area contributed by atoms with Gasteiger partial charge in [-0.2, -0.15) is 0 Å². The molecule has 2 aromatic rings. The molecule has 0 radical (unpaired) electrons. The summed E-state index contributed by atoms with van der Waals surface area (Å²) in [5.41, 5.74) is 1.17. The molecule has 2 rings (SSSR count). The van der Waals surface area contributed by atoms with Crippen LogP contribution >= 0.6 is 11.6 Å². The number of carbonyl (C=O) groups is 2. The first kappa shape index (κ1) is 16.8. The van der Waals surface area contributed by atoms with Gasteiger partial charge >= 0.3 is 0 Å². The fraction of sp³-hybridized carbons (Fsp3) is 0.176. The molecule has 0 saturated carbocycles. The Kier molecular flexibility index (Phi) is 6.00. The maximum atomic E-state index is 11.9. The first-order valence-corrected chi connectivity index (χ1v) is 7.46. The normalized spacial score (nSPS) is 10.0. The topological polar surface area (TPSA) is 67.4 Å². The lowest BCUT2D eigenvalue weighted by Crippen LogP contribution is -2.28. The standard InChI is InChI=1S/C17H17ClN2O3/c1-12(21)20-15-6-3-7-16(11-15)23-9-8-19-17(22)13-4-2-5-14(18)10-13/h2-7,10-11H,8-9H2,1H3,(H,19,22)(H,20,21). The van der Waals surface area contributed by atoms with Crippen molar-refractivity contribution in [2.75, 3.05) is 18.5 Å². The number of ether oxygens (including phenoxy) is 1. The van der Waals surface area contributed by atoms with E-state index in [0.29, 0.717) is 35.2 Å². The Bertz CT molecular complexity index is 704. The summed E-state index contributed by atoms with van der Waals surface area (Å²) in [5, 5.41) is 5.95. The van der Waals surface area contributed by atoms with E-state index in [9.17, 15) is 9.59 Å². The minimum Gasteiger partial charge on any atom is -0.492 e. The fourth-order valence-corrected chi connectivity index (χ4v) is 2.12. The minimum atomic E-state index is -0.205. The van der Waals surface area contributed by atoms with Crippen molar-refractivity contribution in [1.82, 2.24) is 5.32 Å². The zero-order valence-electron chi connectivity index (χ0n) is 12.6. The van der Waals surface area contributed by atoms with Crippen molar-refractivity contribution >= 4 is 29.1 Å². The molecule has 0 atom stereocenters. The number of halogens is 1. The quantitative estimate of drug-likeness (QED) is 0.799. The highest BCUT2D eigenvalue weighted by Gasteiger charge is 2.05. The molecule has 0 aliphatic heterocycles. The molecule has 0 aliphatic rings. The Morgan fingerprint density at radius 3 is 2.65 bits per heavy atom. The first-order chi connectivity index (χ1) is 11.0. The van der Waals surface area contributed by atoms with Crippen LogP contribution < -0.4 is 15.4 Å². The van der Waals surface area contributed by atoms with E-state index >= 15 is 0 Å². The number of benzene rings is 2. The molecule has 0 saturated heterocycles. The summed E-state index contributed by atoms with van der Waals surface area (Å²) in [7, 11) is 0. The van der Waals surface area contributed by atoms with Crippen LogP contribution in [0.3, 0.4) is 0 Å². The van der Waals surface area contributed by atoms with Crippen LogP contribution in [0, 0.1) is 0 Å². The summed E-state index contributed by atoms with van der Waals surface area (Å²) in [5.74, 6) is 0.271. The zero-order chi connectivity index (χ0) is 16.7. The average Bonchev–Trinajstić information content (AvgIpc) is 2.51. The van der Waals surface area contributed by atoms with Gasteiger partial charge in [-0.15, -0.1) is 0 Å². The Hall–Kier alpha value is -2.53. The van der Waals surface area contributed by atoms with Gasteiger partial charge in [0.05, 0.1) is 6.54 Å². The average molecular weight is 333 g/mol. The van der Waals surface area contributed by atoms with Gasteiger partial charge in [0.2, 0.25) is 5.91 Å². The SMILES string of the molecule is CC(=O)Nc1cccc(OCCNC(=O)c2cccc(Cl)c2)c1. The monoisotopic (exact) mass is 332 g/mol. The van der Waals surface area contributed by atoms with Gasteiger partial charge in [0, 0.05) is 29.3 Å². The van der Waals surface area contributed by atoms with E-state index in [1.807, 2.05) is 0 Å². The highest BCUT2D eigenvalue weighted by molar-refractivity contribution is 6.30. The lowest BCUT2D eigenvalue weighted by Gasteiger charge is -2.09. The van der Waals surface area contributed by atoms with Gasteiger partial charge in [-0.05, 0) is 30.3 Å². The number of rotatable bonds is 6. The summed E-state index contributed by atoms with van der Waals surface area (Å²) >= 11 is 5.85. The van der Waals surface area contributed by atoms with E-state index in [1.54, 1.807) is 48.5 Å². The van der Waals surface area contributed by atoms with Gasteiger partial charge in [0.25, 0.3) is 5.91 Å². The number of amides is 2. The van der Waals surface area contributed by atoms with Crippen LogP contribution in [0.1, 0.15) is 17.3 Å². The van der Waals surface area contributed by atoms with Crippen LogP contribution in [0.2, 0.25) is 5.02 Å². The molecular weight excluding hydrogens is 316 g/mol. The Morgan fingerprint density at radius 1 is 1.13 bits per heavy atom. The van der Waals surface area contributed by atoms with Gasteiger partial charge in [-0.25, -0.2) is 0 Å². The second-order valence-corrected chi connectivity index (χ2v) is 5.26. The highest BCUT2D eigenvalue weighted by atomic mass is 35.5. The molecular formula is C17H17ClN2O3. The molecule has 5 nitrogen and oxygen atoms in total. The summed E-state index contributed by atoms with van der Waals surface area (Å²) in [4.78, 5) is 22.9. The fourth-order valence-electron chi connectivity index (χ4n) is 1.93. The predicted molar refractivity (Wildman–Crippen MR) is 90.0 cm³/mol. The van der Waals surface area contributed by atoms with E-state index < -0.39 is 0 Å². The van der Waals surface area contributed by atoms with E-state index in [-0.39, 0.29) is 11.8 Å². The number of hydrogen-bond donors (Lipinski definition) is 2. The summed E-state index contributed by atoms with van der Waals surface area (Å²) in [6, 6.07) is 13.8. The third-order valence-electron chi connectivity index (χ3n) is 2.90. The van der Waals surface area contributed by atoms with Crippen molar-refractivity contribution in [3.05, 3.63) is 59.1 Å². The smallest absolute Gasteiger partial charge is 0.251 e. The number of carbonyl (C=O) groups excluding carboxylic acids is 2.